The van der Waals surface area contributed by atoms with Gasteiger partial charge in [-0.25, -0.2) is 0 Å². The lowest BCUT2D eigenvalue weighted by molar-refractivity contribution is 0.418. The molecule has 2 heterocycles. The lowest BCUT2D eigenvalue weighted by Gasteiger charge is -2.34. The van der Waals surface area contributed by atoms with Crippen molar-refractivity contribution < 1.29 is 4.74 Å². The molecule has 1 aromatic heterocycles. The molecule has 8 rings (SSSR count). The molecule has 1 aliphatic heterocycles. The molecule has 0 aliphatic carbocycles. The Balaban J connectivity index is 1.03. The molecule has 2 heteroatoms. The molecule has 6 aromatic carbocycles. The van der Waals surface area contributed by atoms with Gasteiger partial charge in [-0.05, 0) is 68.4 Å². The van der Waals surface area contributed by atoms with Crippen LogP contribution in [0.2, 0.25) is 0 Å². The van der Waals surface area contributed by atoms with Gasteiger partial charge in [0.2, 0.25) is 0 Å². The third-order valence-electron chi connectivity index (χ3n) is 8.81. The standard InChI is InChI=1S/C41H30OS/c1-41(2)35-12-5-6-13-37(35)42-38-26-32(22-23-36(38)41)40-25-24-39(43-40)31-20-16-28(17-21-31)27-14-18-30(19-15-27)34-11-7-9-29-8-3-4-10-33(29)34/h3-26H,1-2H3. The quantitative estimate of drug-likeness (QED) is 0.204. The molecule has 1 aliphatic rings. The number of rotatable bonds is 4. The van der Waals surface area contributed by atoms with E-state index in [1.807, 2.05) is 17.4 Å². The summed E-state index contributed by atoms with van der Waals surface area (Å²) >= 11 is 1.82. The van der Waals surface area contributed by atoms with Gasteiger partial charge >= 0.3 is 0 Å². The maximum Gasteiger partial charge on any atom is 0.132 e. The van der Waals surface area contributed by atoms with Crippen molar-refractivity contribution in [3.05, 3.63) is 157 Å². The maximum absolute atomic E-state index is 6.38. The zero-order valence-corrected chi connectivity index (χ0v) is 25.0. The SMILES string of the molecule is CC1(C)c2ccccc2Oc2cc(-c3ccc(-c4ccc(-c5ccc(-c6cccc7ccccc67)cc5)cc4)s3)ccc21. The fourth-order valence-electron chi connectivity index (χ4n) is 6.41. The van der Waals surface area contributed by atoms with Crippen LogP contribution in [0.1, 0.15) is 25.0 Å². The highest BCUT2D eigenvalue weighted by atomic mass is 32.1. The van der Waals surface area contributed by atoms with Crippen molar-refractivity contribution in [2.45, 2.75) is 19.3 Å². The second kappa shape index (κ2) is 10.1. The lowest BCUT2D eigenvalue weighted by Crippen LogP contribution is -2.24. The predicted molar refractivity (Wildman–Crippen MR) is 182 cm³/mol. The second-order valence-corrected chi connectivity index (χ2v) is 12.9. The number of fused-ring (bicyclic) bond motifs is 3. The van der Waals surface area contributed by atoms with E-state index in [4.69, 9.17) is 4.74 Å². The van der Waals surface area contributed by atoms with Crippen LogP contribution in [0, 0.1) is 0 Å². The number of ether oxygens (including phenoxy) is 1. The van der Waals surface area contributed by atoms with Gasteiger partial charge in [0.25, 0.3) is 0 Å². The monoisotopic (exact) mass is 570 g/mol. The minimum Gasteiger partial charge on any atom is -0.457 e. The number of hydrogen-bond acceptors (Lipinski definition) is 2. The highest BCUT2D eigenvalue weighted by molar-refractivity contribution is 7.18. The molecule has 0 bridgehead atoms. The van der Waals surface area contributed by atoms with Gasteiger partial charge in [-0.3, -0.25) is 0 Å². The molecule has 0 amide bonds. The Morgan fingerprint density at radius 3 is 1.84 bits per heavy atom. The smallest absolute Gasteiger partial charge is 0.132 e. The molecule has 0 spiro atoms. The van der Waals surface area contributed by atoms with Crippen LogP contribution in [-0.4, -0.2) is 0 Å². The van der Waals surface area contributed by atoms with E-state index in [1.165, 1.54) is 65.0 Å². The van der Waals surface area contributed by atoms with Crippen molar-refractivity contribution in [3.63, 3.8) is 0 Å². The van der Waals surface area contributed by atoms with Crippen LogP contribution in [-0.2, 0) is 5.41 Å². The van der Waals surface area contributed by atoms with E-state index in [9.17, 15) is 0 Å². The summed E-state index contributed by atoms with van der Waals surface area (Å²) in [4.78, 5) is 2.50. The Kier molecular flexibility index (Phi) is 6.06. The van der Waals surface area contributed by atoms with Crippen LogP contribution in [0.25, 0.3) is 53.9 Å². The normalized spacial score (nSPS) is 13.3. The topological polar surface area (TPSA) is 9.23 Å². The first kappa shape index (κ1) is 25.8. The zero-order chi connectivity index (χ0) is 29.0. The fraction of sp³-hybridized carbons (Fsp3) is 0.0732. The van der Waals surface area contributed by atoms with E-state index in [2.05, 4.69) is 153 Å². The predicted octanol–water partition coefficient (Wildman–Crippen LogP) is 12.0. The van der Waals surface area contributed by atoms with E-state index < -0.39 is 0 Å². The Hall–Kier alpha value is -4.92. The summed E-state index contributed by atoms with van der Waals surface area (Å²) in [5.74, 6) is 1.90. The molecule has 0 atom stereocenters. The highest BCUT2D eigenvalue weighted by Gasteiger charge is 2.34. The molecule has 0 saturated heterocycles. The van der Waals surface area contributed by atoms with Gasteiger partial charge in [-0.15, -0.1) is 11.3 Å². The van der Waals surface area contributed by atoms with Crippen LogP contribution in [0.4, 0.5) is 0 Å². The van der Waals surface area contributed by atoms with Crippen LogP contribution < -0.4 is 4.74 Å². The fourth-order valence-corrected chi connectivity index (χ4v) is 7.41. The summed E-state index contributed by atoms with van der Waals surface area (Å²) in [6.45, 7) is 4.55. The summed E-state index contributed by atoms with van der Waals surface area (Å²) in [6, 6.07) is 52.5. The zero-order valence-electron chi connectivity index (χ0n) is 24.2. The number of hydrogen-bond donors (Lipinski definition) is 0. The van der Waals surface area contributed by atoms with Crippen LogP contribution in [0.5, 0.6) is 11.5 Å². The van der Waals surface area contributed by atoms with Crippen LogP contribution in [0.15, 0.2) is 146 Å². The van der Waals surface area contributed by atoms with E-state index in [-0.39, 0.29) is 5.41 Å². The number of benzene rings is 6. The summed E-state index contributed by atoms with van der Waals surface area (Å²) < 4.78 is 6.38. The van der Waals surface area contributed by atoms with Crippen molar-refractivity contribution in [1.29, 1.82) is 0 Å². The van der Waals surface area contributed by atoms with Crippen molar-refractivity contribution in [1.82, 2.24) is 0 Å². The molecule has 0 saturated carbocycles. The van der Waals surface area contributed by atoms with Crippen molar-refractivity contribution in [2.75, 3.05) is 0 Å². The molecule has 0 N–H and O–H groups in total. The average molecular weight is 571 g/mol. The minimum absolute atomic E-state index is 0.0959. The molecule has 7 aromatic rings. The third kappa shape index (κ3) is 4.47. The van der Waals surface area contributed by atoms with Crippen molar-refractivity contribution in [2.24, 2.45) is 0 Å². The van der Waals surface area contributed by atoms with E-state index in [0.29, 0.717) is 0 Å². The van der Waals surface area contributed by atoms with E-state index in [1.54, 1.807) is 0 Å². The van der Waals surface area contributed by atoms with Gasteiger partial charge in [0.15, 0.2) is 0 Å². The Bertz CT molecular complexity index is 2110. The first-order chi connectivity index (χ1) is 21.0. The molecule has 206 valence electrons. The van der Waals surface area contributed by atoms with Gasteiger partial charge in [0, 0.05) is 26.3 Å². The van der Waals surface area contributed by atoms with Crippen LogP contribution >= 0.6 is 11.3 Å². The summed E-state index contributed by atoms with van der Waals surface area (Å²) in [5.41, 5.74) is 9.74. The number of para-hydroxylation sites is 1. The maximum atomic E-state index is 6.38. The molecule has 0 fully saturated rings. The first-order valence-electron chi connectivity index (χ1n) is 14.8. The number of thiophene rings is 1. The summed E-state index contributed by atoms with van der Waals surface area (Å²) in [6.07, 6.45) is 0. The average Bonchev–Trinajstić information content (AvgIpc) is 3.55. The molecule has 0 unspecified atom stereocenters. The van der Waals surface area contributed by atoms with Gasteiger partial charge in [-0.2, -0.15) is 0 Å². The largest absolute Gasteiger partial charge is 0.457 e. The molecular formula is C41H30OS. The molecule has 0 radical (unpaired) electrons. The van der Waals surface area contributed by atoms with Gasteiger partial charge in [0.05, 0.1) is 0 Å². The second-order valence-electron chi connectivity index (χ2n) is 11.8. The van der Waals surface area contributed by atoms with Crippen molar-refractivity contribution >= 4 is 22.1 Å². The lowest BCUT2D eigenvalue weighted by atomic mass is 9.75. The summed E-state index contributed by atoms with van der Waals surface area (Å²) in [7, 11) is 0. The Morgan fingerprint density at radius 1 is 0.465 bits per heavy atom. The van der Waals surface area contributed by atoms with Crippen LogP contribution in [0.3, 0.4) is 0 Å². The van der Waals surface area contributed by atoms with Gasteiger partial charge in [0.1, 0.15) is 11.5 Å². The summed E-state index contributed by atoms with van der Waals surface area (Å²) in [5, 5.41) is 2.56. The third-order valence-corrected chi connectivity index (χ3v) is 10.00. The molecule has 1 nitrogen and oxygen atoms in total. The molecule has 43 heavy (non-hydrogen) atoms. The minimum atomic E-state index is -0.0959. The van der Waals surface area contributed by atoms with Gasteiger partial charge in [-0.1, -0.05) is 135 Å². The highest BCUT2D eigenvalue weighted by Crippen LogP contribution is 2.49. The first-order valence-corrected chi connectivity index (χ1v) is 15.6. The Morgan fingerprint density at radius 2 is 1.05 bits per heavy atom. The van der Waals surface area contributed by atoms with Gasteiger partial charge < -0.3 is 4.74 Å². The molecular weight excluding hydrogens is 541 g/mol. The Labute approximate surface area is 256 Å². The van der Waals surface area contributed by atoms with E-state index in [0.717, 1.165) is 11.5 Å². The van der Waals surface area contributed by atoms with Crippen molar-refractivity contribution in [3.8, 4) is 54.6 Å². The van der Waals surface area contributed by atoms with E-state index >= 15 is 0 Å².